The Hall–Kier alpha value is -1.74. The van der Waals surface area contributed by atoms with Gasteiger partial charge < -0.3 is 19.7 Å². The molecule has 0 radical (unpaired) electrons. The van der Waals surface area contributed by atoms with E-state index in [1.54, 1.807) is 0 Å². The maximum Gasteiger partial charge on any atom is 0.573 e. The average Bonchev–Trinajstić information content (AvgIpc) is 2.99. The van der Waals surface area contributed by atoms with E-state index in [0.29, 0.717) is 18.7 Å². The summed E-state index contributed by atoms with van der Waals surface area (Å²) in [6, 6.07) is 5.01. The maximum absolute atomic E-state index is 14.4. The number of alkyl halides is 4. The van der Waals surface area contributed by atoms with Gasteiger partial charge in [-0.2, -0.15) is 0 Å². The molecule has 0 saturated carbocycles. The molecule has 2 saturated heterocycles. The monoisotopic (exact) mass is 384 g/mol. The fourth-order valence-corrected chi connectivity index (χ4v) is 3.01. The molecule has 3 rings (SSSR count). The van der Waals surface area contributed by atoms with Crippen LogP contribution in [0, 0.1) is 5.92 Å². The Labute approximate surface area is 147 Å². The number of nitrogens with one attached hydrogen (secondary N) is 1. The van der Waals surface area contributed by atoms with Gasteiger partial charge in [-0.25, -0.2) is 9.18 Å². The first-order chi connectivity index (χ1) is 11.3. The molecular formula is C15H17ClF4N2O3. The second-order valence-electron chi connectivity index (χ2n) is 5.99. The molecule has 1 aromatic carbocycles. The van der Waals surface area contributed by atoms with Crippen LogP contribution in [0.1, 0.15) is 5.56 Å². The lowest BCUT2D eigenvalue weighted by molar-refractivity contribution is -0.274. The first-order valence-corrected chi connectivity index (χ1v) is 7.41. The third-order valence-corrected chi connectivity index (χ3v) is 4.21. The Morgan fingerprint density at radius 2 is 2.00 bits per heavy atom. The van der Waals surface area contributed by atoms with Crippen molar-refractivity contribution in [3.8, 4) is 5.75 Å². The van der Waals surface area contributed by atoms with Gasteiger partial charge in [0.15, 0.2) is 0 Å². The zero-order chi connectivity index (χ0) is 17.4. The van der Waals surface area contributed by atoms with Crippen LogP contribution in [0.25, 0.3) is 0 Å². The van der Waals surface area contributed by atoms with Gasteiger partial charge in [-0.1, -0.05) is 12.1 Å². The lowest BCUT2D eigenvalue weighted by Gasteiger charge is -2.19. The molecule has 140 valence electrons. The summed E-state index contributed by atoms with van der Waals surface area (Å²) in [6.45, 7) is 0.926. The molecular weight excluding hydrogens is 368 g/mol. The Morgan fingerprint density at radius 3 is 2.60 bits per heavy atom. The van der Waals surface area contributed by atoms with Crippen LogP contribution in [-0.4, -0.2) is 49.2 Å². The van der Waals surface area contributed by atoms with Crippen molar-refractivity contribution in [2.24, 2.45) is 5.92 Å². The smallest absolute Gasteiger partial charge is 0.445 e. The molecule has 10 heteroatoms. The van der Waals surface area contributed by atoms with Crippen LogP contribution >= 0.6 is 12.4 Å². The largest absolute Gasteiger partial charge is 0.573 e. The van der Waals surface area contributed by atoms with Crippen molar-refractivity contribution in [1.82, 2.24) is 10.2 Å². The number of ether oxygens (including phenoxy) is 2. The Morgan fingerprint density at radius 1 is 1.32 bits per heavy atom. The molecule has 2 atom stereocenters. The van der Waals surface area contributed by atoms with Crippen LogP contribution in [0.4, 0.5) is 22.4 Å². The summed E-state index contributed by atoms with van der Waals surface area (Å²) in [7, 11) is 0. The van der Waals surface area contributed by atoms with Crippen molar-refractivity contribution in [3.63, 3.8) is 0 Å². The maximum atomic E-state index is 14.4. The van der Waals surface area contributed by atoms with Gasteiger partial charge in [0.1, 0.15) is 18.0 Å². The zero-order valence-corrected chi connectivity index (χ0v) is 13.8. The van der Waals surface area contributed by atoms with Crippen molar-refractivity contribution in [2.45, 2.75) is 18.6 Å². The molecule has 2 fully saturated rings. The summed E-state index contributed by atoms with van der Waals surface area (Å²) in [5.41, 5.74) is -0.899. The SMILES string of the molecule is Cl.O=C(OCc1ccc(OC(F)(F)F)cc1)N1C[C@H]2CNC[C@]2(F)C1. The number of rotatable bonds is 3. The minimum atomic E-state index is -4.75. The lowest BCUT2D eigenvalue weighted by Crippen LogP contribution is -2.37. The van der Waals surface area contributed by atoms with E-state index in [4.69, 9.17) is 4.74 Å². The van der Waals surface area contributed by atoms with Gasteiger partial charge in [0.05, 0.1) is 6.54 Å². The Kier molecular flexibility index (Phi) is 5.68. The third kappa shape index (κ3) is 4.66. The molecule has 5 nitrogen and oxygen atoms in total. The number of carbonyl (C=O) groups excluding carboxylic acids is 1. The number of amides is 1. The third-order valence-electron chi connectivity index (χ3n) is 4.21. The topological polar surface area (TPSA) is 50.8 Å². The number of carbonyl (C=O) groups is 1. The van der Waals surface area contributed by atoms with Crippen molar-refractivity contribution in [2.75, 3.05) is 26.2 Å². The molecule has 1 N–H and O–H groups in total. The molecule has 2 aliphatic rings. The summed E-state index contributed by atoms with van der Waals surface area (Å²) in [5.74, 6) is -0.583. The molecule has 1 amide bonds. The van der Waals surface area contributed by atoms with Crippen LogP contribution < -0.4 is 10.1 Å². The van der Waals surface area contributed by atoms with E-state index in [0.717, 1.165) is 12.1 Å². The second-order valence-corrected chi connectivity index (χ2v) is 5.99. The van der Waals surface area contributed by atoms with Crippen molar-refractivity contribution >= 4 is 18.5 Å². The molecule has 2 aliphatic heterocycles. The number of likely N-dealkylation sites (tertiary alicyclic amines) is 1. The van der Waals surface area contributed by atoms with E-state index in [1.807, 2.05) is 0 Å². The first-order valence-electron chi connectivity index (χ1n) is 7.41. The number of halogens is 5. The van der Waals surface area contributed by atoms with Crippen LogP contribution in [0.15, 0.2) is 24.3 Å². The van der Waals surface area contributed by atoms with Gasteiger partial charge in [0, 0.05) is 25.6 Å². The average molecular weight is 385 g/mol. The molecule has 2 heterocycles. The summed E-state index contributed by atoms with van der Waals surface area (Å²) in [5, 5.41) is 2.96. The minimum absolute atomic E-state index is 0. The number of benzene rings is 1. The zero-order valence-electron chi connectivity index (χ0n) is 13.0. The van der Waals surface area contributed by atoms with Gasteiger partial charge >= 0.3 is 12.5 Å². The van der Waals surface area contributed by atoms with E-state index in [9.17, 15) is 22.4 Å². The Bertz CT molecular complexity index is 614. The molecule has 0 bridgehead atoms. The Balaban J connectivity index is 0.00000225. The predicted octanol–water partition coefficient (Wildman–Crippen LogP) is 2.89. The number of hydrogen-bond donors (Lipinski definition) is 1. The van der Waals surface area contributed by atoms with E-state index in [1.165, 1.54) is 17.0 Å². The summed E-state index contributed by atoms with van der Waals surface area (Å²) in [4.78, 5) is 13.3. The lowest BCUT2D eigenvalue weighted by atomic mass is 9.97. The van der Waals surface area contributed by atoms with Crippen LogP contribution in [-0.2, 0) is 11.3 Å². The molecule has 1 aromatic rings. The van der Waals surface area contributed by atoms with Crippen LogP contribution in [0.5, 0.6) is 5.75 Å². The molecule has 25 heavy (non-hydrogen) atoms. The first kappa shape index (κ1) is 19.6. The molecule has 0 unspecified atom stereocenters. The van der Waals surface area contributed by atoms with Gasteiger partial charge in [0.2, 0.25) is 0 Å². The number of hydrogen-bond acceptors (Lipinski definition) is 4. The van der Waals surface area contributed by atoms with E-state index >= 15 is 0 Å². The summed E-state index contributed by atoms with van der Waals surface area (Å²) >= 11 is 0. The highest BCUT2D eigenvalue weighted by Gasteiger charge is 2.52. The highest BCUT2D eigenvalue weighted by molar-refractivity contribution is 5.85. The predicted molar refractivity (Wildman–Crippen MR) is 82.3 cm³/mol. The fourth-order valence-electron chi connectivity index (χ4n) is 3.01. The van der Waals surface area contributed by atoms with Crippen molar-refractivity contribution < 1.29 is 31.8 Å². The van der Waals surface area contributed by atoms with E-state index in [-0.39, 0.29) is 43.8 Å². The minimum Gasteiger partial charge on any atom is -0.445 e. The van der Waals surface area contributed by atoms with Gasteiger partial charge in [0.25, 0.3) is 0 Å². The van der Waals surface area contributed by atoms with Crippen LogP contribution in [0.2, 0.25) is 0 Å². The summed E-state index contributed by atoms with van der Waals surface area (Å²) in [6.07, 6.45) is -5.38. The van der Waals surface area contributed by atoms with Crippen LogP contribution in [0.3, 0.4) is 0 Å². The number of fused-ring (bicyclic) bond motifs is 1. The second kappa shape index (κ2) is 7.25. The molecule has 0 aliphatic carbocycles. The van der Waals surface area contributed by atoms with E-state index < -0.39 is 18.1 Å². The highest BCUT2D eigenvalue weighted by atomic mass is 35.5. The van der Waals surface area contributed by atoms with Crippen molar-refractivity contribution in [3.05, 3.63) is 29.8 Å². The van der Waals surface area contributed by atoms with Gasteiger partial charge in [-0.3, -0.25) is 0 Å². The van der Waals surface area contributed by atoms with Crippen molar-refractivity contribution in [1.29, 1.82) is 0 Å². The normalized spacial score (nSPS) is 25.3. The van der Waals surface area contributed by atoms with Gasteiger partial charge in [-0.05, 0) is 17.7 Å². The highest BCUT2D eigenvalue weighted by Crippen LogP contribution is 2.34. The standard InChI is InChI=1S/C15H16F4N2O3.ClH/c16-14-8-20-5-11(14)6-21(9-14)13(22)23-7-10-1-3-12(4-2-10)24-15(17,18)19;/h1-4,11,20H,5-9H2;1H/t11-,14+;/m1./s1. The summed E-state index contributed by atoms with van der Waals surface area (Å²) < 4.78 is 59.5. The molecule has 0 spiro atoms. The van der Waals surface area contributed by atoms with E-state index in [2.05, 4.69) is 10.1 Å². The fraction of sp³-hybridized carbons (Fsp3) is 0.533. The quantitative estimate of drug-likeness (QED) is 0.814. The molecule has 0 aromatic heterocycles. The van der Waals surface area contributed by atoms with Gasteiger partial charge in [-0.15, -0.1) is 25.6 Å². The number of nitrogens with zero attached hydrogens (tertiary/aromatic N) is 1.